The molecule has 3 heteroatoms. The zero-order valence-corrected chi connectivity index (χ0v) is 12.6. The average Bonchev–Trinajstić information content (AvgIpc) is 2.50. The van der Waals surface area contributed by atoms with Gasteiger partial charge in [0.25, 0.3) is 0 Å². The molecular weight excluding hydrogens is 268 g/mol. The van der Waals surface area contributed by atoms with E-state index < -0.39 is 0 Å². The van der Waals surface area contributed by atoms with Crippen LogP contribution in [0, 0.1) is 0 Å². The molecule has 0 aliphatic heterocycles. The molecule has 0 atom stereocenters. The summed E-state index contributed by atoms with van der Waals surface area (Å²) in [4.78, 5) is 12.3. The van der Waals surface area contributed by atoms with Gasteiger partial charge in [0.2, 0.25) is 0 Å². The lowest BCUT2D eigenvalue weighted by atomic mass is 10.1. The van der Waals surface area contributed by atoms with Crippen LogP contribution in [-0.4, -0.2) is 18.8 Å². The molecule has 0 aliphatic rings. The number of methoxy groups -OCH3 is 1. The first-order valence-corrected chi connectivity index (χ1v) is 7.96. The molecule has 20 heavy (non-hydrogen) atoms. The fraction of sp³-hybridized carbons (Fsp3) is 0.353. The second kappa shape index (κ2) is 7.95. The topological polar surface area (TPSA) is 26.3 Å². The van der Waals surface area contributed by atoms with Crippen molar-refractivity contribution in [3.05, 3.63) is 42.5 Å². The lowest BCUT2D eigenvalue weighted by molar-refractivity contribution is -0.140. The summed E-state index contributed by atoms with van der Waals surface area (Å²) in [7, 11) is 1.44. The standard InChI is InChI=1S/C17H20O2S/c1-19-17(18)9-3-2-6-12-20-16-11-10-14-7-4-5-8-15(14)13-16/h4-5,7-8,10-11,13H,2-3,6,9,12H2,1H3. The van der Waals surface area contributed by atoms with Gasteiger partial charge in [-0.15, -0.1) is 11.8 Å². The zero-order chi connectivity index (χ0) is 14.2. The molecule has 0 saturated heterocycles. The highest BCUT2D eigenvalue weighted by Crippen LogP contribution is 2.24. The Morgan fingerprint density at radius 1 is 1.05 bits per heavy atom. The van der Waals surface area contributed by atoms with Crippen molar-refractivity contribution < 1.29 is 9.53 Å². The predicted octanol–water partition coefficient (Wildman–Crippen LogP) is 4.67. The number of hydrogen-bond donors (Lipinski definition) is 0. The van der Waals surface area contributed by atoms with E-state index in [9.17, 15) is 4.79 Å². The van der Waals surface area contributed by atoms with Crippen molar-refractivity contribution in [1.29, 1.82) is 0 Å². The minimum Gasteiger partial charge on any atom is -0.469 e. The molecule has 0 aliphatic carbocycles. The number of fused-ring (bicyclic) bond motifs is 1. The van der Waals surface area contributed by atoms with Crippen molar-refractivity contribution in [2.75, 3.05) is 12.9 Å². The highest BCUT2D eigenvalue weighted by molar-refractivity contribution is 7.99. The molecule has 2 nitrogen and oxygen atoms in total. The van der Waals surface area contributed by atoms with Crippen molar-refractivity contribution in [2.24, 2.45) is 0 Å². The molecule has 0 amide bonds. The van der Waals surface area contributed by atoms with Gasteiger partial charge in [0.15, 0.2) is 0 Å². The first-order valence-electron chi connectivity index (χ1n) is 6.98. The zero-order valence-electron chi connectivity index (χ0n) is 11.8. The highest BCUT2D eigenvalue weighted by atomic mass is 32.2. The van der Waals surface area contributed by atoms with E-state index in [1.54, 1.807) is 0 Å². The van der Waals surface area contributed by atoms with E-state index in [0.717, 1.165) is 25.0 Å². The van der Waals surface area contributed by atoms with Crippen LogP contribution in [0.1, 0.15) is 25.7 Å². The van der Waals surface area contributed by atoms with Crippen LogP contribution in [0.5, 0.6) is 0 Å². The van der Waals surface area contributed by atoms with E-state index in [4.69, 9.17) is 0 Å². The van der Waals surface area contributed by atoms with Gasteiger partial charge in [0, 0.05) is 11.3 Å². The van der Waals surface area contributed by atoms with Crippen LogP contribution in [-0.2, 0) is 9.53 Å². The third-order valence-corrected chi connectivity index (χ3v) is 4.32. The summed E-state index contributed by atoms with van der Waals surface area (Å²) in [6, 6.07) is 15.0. The lowest BCUT2D eigenvalue weighted by Crippen LogP contribution is -1.99. The molecule has 106 valence electrons. The number of unbranched alkanes of at least 4 members (excludes halogenated alkanes) is 2. The minimum absolute atomic E-state index is 0.104. The van der Waals surface area contributed by atoms with Gasteiger partial charge in [-0.05, 0) is 41.5 Å². The number of ether oxygens (including phenoxy) is 1. The fourth-order valence-electron chi connectivity index (χ4n) is 2.10. The normalized spacial score (nSPS) is 10.7. The van der Waals surface area contributed by atoms with Crippen LogP contribution in [0.4, 0.5) is 0 Å². The van der Waals surface area contributed by atoms with Crippen LogP contribution in [0.25, 0.3) is 10.8 Å². The van der Waals surface area contributed by atoms with Crippen molar-refractivity contribution >= 4 is 28.5 Å². The number of carbonyl (C=O) groups is 1. The van der Waals surface area contributed by atoms with Crippen LogP contribution >= 0.6 is 11.8 Å². The van der Waals surface area contributed by atoms with Gasteiger partial charge in [0.05, 0.1) is 7.11 Å². The molecule has 0 fully saturated rings. The SMILES string of the molecule is COC(=O)CCCCCSc1ccc2ccccc2c1. The molecule has 0 spiro atoms. The van der Waals surface area contributed by atoms with Crippen LogP contribution < -0.4 is 0 Å². The second-order valence-electron chi connectivity index (χ2n) is 4.74. The van der Waals surface area contributed by atoms with Crippen LogP contribution in [0.3, 0.4) is 0 Å². The predicted molar refractivity (Wildman–Crippen MR) is 85.2 cm³/mol. The maximum atomic E-state index is 11.0. The summed E-state index contributed by atoms with van der Waals surface area (Å²) in [5.74, 6) is 0.992. The van der Waals surface area contributed by atoms with E-state index in [2.05, 4.69) is 47.2 Å². The molecule has 0 aromatic heterocycles. The molecule has 0 bridgehead atoms. The number of carbonyl (C=O) groups excluding carboxylic acids is 1. The van der Waals surface area contributed by atoms with Gasteiger partial charge in [-0.1, -0.05) is 36.8 Å². The molecule has 2 aromatic carbocycles. The van der Waals surface area contributed by atoms with Crippen molar-refractivity contribution in [1.82, 2.24) is 0 Å². The van der Waals surface area contributed by atoms with Gasteiger partial charge < -0.3 is 4.74 Å². The Hall–Kier alpha value is -1.48. The molecule has 0 radical (unpaired) electrons. The first-order chi connectivity index (χ1) is 9.79. The summed E-state index contributed by atoms with van der Waals surface area (Å²) >= 11 is 1.88. The molecule has 0 saturated carbocycles. The molecular formula is C17H20O2S. The average molecular weight is 288 g/mol. The summed E-state index contributed by atoms with van der Waals surface area (Å²) in [6.45, 7) is 0. The van der Waals surface area contributed by atoms with E-state index in [1.165, 1.54) is 22.8 Å². The monoisotopic (exact) mass is 288 g/mol. The van der Waals surface area contributed by atoms with E-state index in [-0.39, 0.29) is 5.97 Å². The van der Waals surface area contributed by atoms with Gasteiger partial charge in [0.1, 0.15) is 0 Å². The molecule has 0 unspecified atom stereocenters. The van der Waals surface area contributed by atoms with E-state index >= 15 is 0 Å². The fourth-order valence-corrected chi connectivity index (χ4v) is 3.06. The maximum Gasteiger partial charge on any atom is 0.305 e. The Morgan fingerprint density at radius 3 is 2.65 bits per heavy atom. The van der Waals surface area contributed by atoms with Gasteiger partial charge >= 0.3 is 5.97 Å². The van der Waals surface area contributed by atoms with Gasteiger partial charge in [-0.2, -0.15) is 0 Å². The van der Waals surface area contributed by atoms with Crippen molar-refractivity contribution in [3.63, 3.8) is 0 Å². The van der Waals surface area contributed by atoms with E-state index in [1.807, 2.05) is 11.8 Å². The summed E-state index contributed by atoms with van der Waals surface area (Å²) in [6.07, 6.45) is 3.67. The van der Waals surface area contributed by atoms with Crippen molar-refractivity contribution in [3.8, 4) is 0 Å². The summed E-state index contributed by atoms with van der Waals surface area (Å²) in [5, 5.41) is 2.58. The Balaban J connectivity index is 1.72. The van der Waals surface area contributed by atoms with Gasteiger partial charge in [-0.25, -0.2) is 0 Å². The number of thioether (sulfide) groups is 1. The smallest absolute Gasteiger partial charge is 0.305 e. The number of rotatable bonds is 7. The number of hydrogen-bond acceptors (Lipinski definition) is 3. The first kappa shape index (κ1) is 14.9. The maximum absolute atomic E-state index is 11.0. The number of benzene rings is 2. The quantitative estimate of drug-likeness (QED) is 0.421. The minimum atomic E-state index is -0.104. The largest absolute Gasteiger partial charge is 0.469 e. The van der Waals surface area contributed by atoms with Gasteiger partial charge in [-0.3, -0.25) is 4.79 Å². The Morgan fingerprint density at radius 2 is 1.85 bits per heavy atom. The third-order valence-electron chi connectivity index (χ3n) is 3.24. The molecule has 0 N–H and O–H groups in total. The lowest BCUT2D eigenvalue weighted by Gasteiger charge is -2.04. The van der Waals surface area contributed by atoms with Crippen LogP contribution in [0.15, 0.2) is 47.4 Å². The van der Waals surface area contributed by atoms with Crippen molar-refractivity contribution in [2.45, 2.75) is 30.6 Å². The third kappa shape index (κ3) is 4.57. The Bertz CT molecular complexity index is 566. The number of esters is 1. The Kier molecular flexibility index (Phi) is 5.93. The van der Waals surface area contributed by atoms with E-state index in [0.29, 0.717) is 6.42 Å². The summed E-state index contributed by atoms with van der Waals surface area (Å²) < 4.78 is 4.62. The summed E-state index contributed by atoms with van der Waals surface area (Å²) in [5.41, 5.74) is 0. The molecule has 2 aromatic rings. The molecule has 2 rings (SSSR count). The highest BCUT2D eigenvalue weighted by Gasteiger charge is 2.00. The Labute approximate surface area is 124 Å². The van der Waals surface area contributed by atoms with Crippen LogP contribution in [0.2, 0.25) is 0 Å². The molecule has 0 heterocycles. The second-order valence-corrected chi connectivity index (χ2v) is 5.91.